The van der Waals surface area contributed by atoms with Crippen LogP contribution in [0.4, 0.5) is 4.39 Å². The molecule has 3 rings (SSSR count). The summed E-state index contributed by atoms with van der Waals surface area (Å²) in [5, 5.41) is 3.26. The lowest BCUT2D eigenvalue weighted by atomic mass is 9.95. The molecule has 1 saturated heterocycles. The number of carbonyl (C=O) groups is 1. The van der Waals surface area contributed by atoms with E-state index in [1.54, 1.807) is 19.2 Å². The number of benzene rings is 1. The second-order valence-corrected chi connectivity index (χ2v) is 8.11. The Kier molecular flexibility index (Phi) is 7.07. The van der Waals surface area contributed by atoms with E-state index in [9.17, 15) is 9.18 Å². The molecule has 150 valence electrons. The minimum Gasteiger partial charge on any atom is -0.496 e. The van der Waals surface area contributed by atoms with E-state index in [-0.39, 0.29) is 17.8 Å². The van der Waals surface area contributed by atoms with Gasteiger partial charge in [-0.15, -0.1) is 0 Å². The van der Waals surface area contributed by atoms with Gasteiger partial charge in [0, 0.05) is 6.04 Å². The standard InChI is InChI=1S/C21H32FN3O2/c1-16(21(26)23-19-6-4-3-5-7-19)25-12-10-24(11-13-25)15-17-14-18(22)8-9-20(17)27-2/h8-9,14,16,19H,3-7,10-13,15H2,1-2H3,(H,23,26)/p+2/t16-/m1/s1. The summed E-state index contributed by atoms with van der Waals surface area (Å²) >= 11 is 0. The molecule has 0 unspecified atom stereocenters. The number of amides is 1. The van der Waals surface area contributed by atoms with E-state index in [2.05, 4.69) is 5.32 Å². The maximum atomic E-state index is 13.6. The highest BCUT2D eigenvalue weighted by Gasteiger charge is 2.32. The number of halogens is 1. The van der Waals surface area contributed by atoms with Crippen LogP contribution in [-0.2, 0) is 11.3 Å². The minimum atomic E-state index is -0.220. The molecule has 1 amide bonds. The van der Waals surface area contributed by atoms with Crippen LogP contribution in [-0.4, -0.2) is 51.3 Å². The summed E-state index contributed by atoms with van der Waals surface area (Å²) in [6.45, 7) is 6.70. The number of piperazine rings is 1. The summed E-state index contributed by atoms with van der Waals surface area (Å²) in [5.74, 6) is 0.730. The van der Waals surface area contributed by atoms with Gasteiger partial charge in [-0.1, -0.05) is 19.3 Å². The molecule has 2 fully saturated rings. The van der Waals surface area contributed by atoms with Gasteiger partial charge in [-0.3, -0.25) is 4.79 Å². The molecule has 1 aromatic carbocycles. The third-order valence-electron chi connectivity index (χ3n) is 6.24. The fraction of sp³-hybridized carbons (Fsp3) is 0.667. The Morgan fingerprint density at radius 2 is 1.93 bits per heavy atom. The molecule has 0 bridgehead atoms. The van der Waals surface area contributed by atoms with Crippen LogP contribution in [0.2, 0.25) is 0 Å². The first-order valence-electron chi connectivity index (χ1n) is 10.4. The normalized spacial score (nSPS) is 25.0. The van der Waals surface area contributed by atoms with Crippen molar-refractivity contribution in [1.29, 1.82) is 0 Å². The first-order valence-corrected chi connectivity index (χ1v) is 10.4. The van der Waals surface area contributed by atoms with E-state index < -0.39 is 0 Å². The zero-order valence-electron chi connectivity index (χ0n) is 16.7. The average Bonchev–Trinajstić information content (AvgIpc) is 2.69. The first-order chi connectivity index (χ1) is 13.1. The van der Waals surface area contributed by atoms with Gasteiger partial charge in [0.25, 0.3) is 5.91 Å². The quantitative estimate of drug-likeness (QED) is 0.649. The second kappa shape index (κ2) is 9.51. The fourth-order valence-electron chi connectivity index (χ4n) is 4.45. The SMILES string of the molecule is COc1ccc(F)cc1C[NH+]1CC[NH+]([C@H](C)C(=O)NC2CCCCC2)CC1. The monoisotopic (exact) mass is 379 g/mol. The Morgan fingerprint density at radius 3 is 2.59 bits per heavy atom. The predicted molar refractivity (Wildman–Crippen MR) is 103 cm³/mol. The lowest BCUT2D eigenvalue weighted by molar-refractivity contribution is -1.02. The Labute approximate surface area is 161 Å². The molecule has 1 aromatic rings. The molecule has 0 aromatic heterocycles. The van der Waals surface area contributed by atoms with Crippen molar-refractivity contribution < 1.29 is 23.7 Å². The highest BCUT2D eigenvalue weighted by molar-refractivity contribution is 5.80. The van der Waals surface area contributed by atoms with Crippen LogP contribution in [0, 0.1) is 5.82 Å². The maximum absolute atomic E-state index is 13.6. The topological polar surface area (TPSA) is 47.2 Å². The molecule has 1 atom stereocenters. The van der Waals surface area contributed by atoms with Crippen molar-refractivity contribution in [3.8, 4) is 5.75 Å². The van der Waals surface area contributed by atoms with E-state index >= 15 is 0 Å². The maximum Gasteiger partial charge on any atom is 0.278 e. The molecular formula is C21H34FN3O2+2. The molecule has 1 heterocycles. The molecule has 0 spiro atoms. The van der Waals surface area contributed by atoms with Gasteiger partial charge in [-0.2, -0.15) is 0 Å². The summed E-state index contributed by atoms with van der Waals surface area (Å²) in [6.07, 6.45) is 6.02. The van der Waals surface area contributed by atoms with Crippen molar-refractivity contribution in [2.24, 2.45) is 0 Å². The number of rotatable bonds is 6. The molecule has 1 saturated carbocycles. The number of hydrogen-bond acceptors (Lipinski definition) is 2. The average molecular weight is 380 g/mol. The Hall–Kier alpha value is -1.66. The van der Waals surface area contributed by atoms with Crippen molar-refractivity contribution in [2.45, 2.75) is 57.7 Å². The van der Waals surface area contributed by atoms with Crippen molar-refractivity contribution in [3.05, 3.63) is 29.6 Å². The Morgan fingerprint density at radius 1 is 1.22 bits per heavy atom. The second-order valence-electron chi connectivity index (χ2n) is 8.11. The third-order valence-corrected chi connectivity index (χ3v) is 6.24. The van der Waals surface area contributed by atoms with E-state index in [1.807, 2.05) is 6.92 Å². The molecule has 1 aliphatic carbocycles. The van der Waals surface area contributed by atoms with Gasteiger partial charge < -0.3 is 19.9 Å². The molecule has 1 aliphatic heterocycles. The van der Waals surface area contributed by atoms with Gasteiger partial charge in [0.05, 0.1) is 12.7 Å². The molecule has 2 aliphatic rings. The van der Waals surface area contributed by atoms with Crippen LogP contribution in [0.5, 0.6) is 5.75 Å². The van der Waals surface area contributed by atoms with Crippen LogP contribution in [0.25, 0.3) is 0 Å². The van der Waals surface area contributed by atoms with Crippen LogP contribution in [0.15, 0.2) is 18.2 Å². The minimum absolute atomic E-state index is 0.00261. The molecule has 0 radical (unpaired) electrons. The fourth-order valence-corrected chi connectivity index (χ4v) is 4.45. The molecule has 3 N–H and O–H groups in total. The zero-order chi connectivity index (χ0) is 19.2. The zero-order valence-corrected chi connectivity index (χ0v) is 16.7. The van der Waals surface area contributed by atoms with Gasteiger partial charge in [0.15, 0.2) is 6.04 Å². The summed E-state index contributed by atoms with van der Waals surface area (Å²) in [5.41, 5.74) is 0.916. The lowest BCUT2D eigenvalue weighted by Crippen LogP contribution is -3.29. The van der Waals surface area contributed by atoms with Gasteiger partial charge >= 0.3 is 0 Å². The van der Waals surface area contributed by atoms with Crippen LogP contribution >= 0.6 is 0 Å². The van der Waals surface area contributed by atoms with Crippen molar-refractivity contribution >= 4 is 5.91 Å². The van der Waals surface area contributed by atoms with E-state index in [0.29, 0.717) is 6.04 Å². The van der Waals surface area contributed by atoms with Crippen LogP contribution in [0.1, 0.15) is 44.6 Å². The number of ether oxygens (including phenoxy) is 1. The summed E-state index contributed by atoms with van der Waals surface area (Å²) in [4.78, 5) is 15.4. The van der Waals surface area contributed by atoms with Crippen LogP contribution < -0.4 is 19.9 Å². The van der Waals surface area contributed by atoms with Crippen molar-refractivity contribution in [3.63, 3.8) is 0 Å². The number of methoxy groups -OCH3 is 1. The lowest BCUT2D eigenvalue weighted by Gasteiger charge is -2.33. The van der Waals surface area contributed by atoms with Crippen LogP contribution in [0.3, 0.4) is 0 Å². The summed E-state index contributed by atoms with van der Waals surface area (Å²) < 4.78 is 18.9. The Balaban J connectivity index is 1.48. The summed E-state index contributed by atoms with van der Waals surface area (Å²) in [6, 6.07) is 5.08. The third kappa shape index (κ3) is 5.42. The molecule has 5 nitrogen and oxygen atoms in total. The number of hydrogen-bond donors (Lipinski definition) is 3. The first kappa shape index (κ1) is 20.1. The summed E-state index contributed by atoms with van der Waals surface area (Å²) in [7, 11) is 1.63. The van der Waals surface area contributed by atoms with Gasteiger partial charge in [-0.05, 0) is 38.0 Å². The van der Waals surface area contributed by atoms with Gasteiger partial charge in [-0.25, -0.2) is 4.39 Å². The predicted octanol–water partition coefficient (Wildman–Crippen LogP) is -0.0449. The van der Waals surface area contributed by atoms with E-state index in [0.717, 1.165) is 56.9 Å². The highest BCUT2D eigenvalue weighted by Crippen LogP contribution is 2.18. The molecule has 27 heavy (non-hydrogen) atoms. The van der Waals surface area contributed by atoms with E-state index in [1.165, 1.54) is 35.1 Å². The smallest absolute Gasteiger partial charge is 0.278 e. The number of carbonyl (C=O) groups excluding carboxylic acids is 1. The van der Waals surface area contributed by atoms with Gasteiger partial charge in [0.1, 0.15) is 44.3 Å². The van der Waals surface area contributed by atoms with Crippen molar-refractivity contribution in [2.75, 3.05) is 33.3 Å². The number of quaternary nitrogens is 2. The highest BCUT2D eigenvalue weighted by atomic mass is 19.1. The Bertz CT molecular complexity index is 626. The van der Waals surface area contributed by atoms with E-state index in [4.69, 9.17) is 4.74 Å². The molecular weight excluding hydrogens is 345 g/mol. The van der Waals surface area contributed by atoms with Crippen molar-refractivity contribution in [1.82, 2.24) is 5.32 Å². The molecule has 6 heteroatoms. The largest absolute Gasteiger partial charge is 0.496 e. The van der Waals surface area contributed by atoms with Gasteiger partial charge in [0.2, 0.25) is 0 Å². The number of nitrogens with one attached hydrogen (secondary N) is 3.